The van der Waals surface area contributed by atoms with Crippen LogP contribution < -0.4 is 0 Å². The molecule has 10 rings (SSSR count). The predicted molar refractivity (Wildman–Crippen MR) is 205 cm³/mol. The van der Waals surface area contributed by atoms with E-state index in [0.29, 0.717) is 17.5 Å². The van der Waals surface area contributed by atoms with Gasteiger partial charge in [0.15, 0.2) is 17.5 Å². The maximum absolute atomic E-state index is 6.49. The molecule has 10 aromatic rings. The summed E-state index contributed by atoms with van der Waals surface area (Å²) in [7, 11) is 0. The number of thiazole rings is 1. The second-order valence-corrected chi connectivity index (χ2v) is 13.2. The summed E-state index contributed by atoms with van der Waals surface area (Å²) in [5.41, 5.74) is 8.35. The Morgan fingerprint density at radius 2 is 1.02 bits per heavy atom. The lowest BCUT2D eigenvalue weighted by Gasteiger charge is -2.14. The van der Waals surface area contributed by atoms with Crippen molar-refractivity contribution in [1.29, 1.82) is 0 Å². The van der Waals surface area contributed by atoms with Crippen LogP contribution in [0.5, 0.6) is 0 Å². The number of benzene rings is 7. The molecule has 50 heavy (non-hydrogen) atoms. The van der Waals surface area contributed by atoms with Crippen LogP contribution in [0, 0.1) is 0 Å². The average molecular weight is 659 g/mol. The molecule has 0 aliphatic carbocycles. The summed E-state index contributed by atoms with van der Waals surface area (Å²) >= 11 is 1.65. The van der Waals surface area contributed by atoms with E-state index in [2.05, 4.69) is 78.9 Å². The lowest BCUT2D eigenvalue weighted by atomic mass is 9.95. The van der Waals surface area contributed by atoms with E-state index in [1.165, 1.54) is 0 Å². The van der Waals surface area contributed by atoms with E-state index in [-0.39, 0.29) is 0 Å². The van der Waals surface area contributed by atoms with E-state index in [1.807, 2.05) is 78.9 Å². The van der Waals surface area contributed by atoms with Crippen LogP contribution in [0.2, 0.25) is 0 Å². The smallest absolute Gasteiger partial charge is 0.166 e. The quantitative estimate of drug-likeness (QED) is 0.184. The number of fused-ring (bicyclic) bond motifs is 5. The van der Waals surface area contributed by atoms with Crippen LogP contribution in [0.1, 0.15) is 0 Å². The molecule has 0 aliphatic heterocycles. The minimum Gasteiger partial charge on any atom is -0.456 e. The van der Waals surface area contributed by atoms with Crippen LogP contribution in [-0.2, 0) is 0 Å². The fraction of sp³-hybridized carbons (Fsp3) is 0. The molecule has 0 saturated heterocycles. The van der Waals surface area contributed by atoms with Crippen LogP contribution in [0.4, 0.5) is 0 Å². The molecule has 6 heteroatoms. The minimum atomic E-state index is 0.575. The van der Waals surface area contributed by atoms with Gasteiger partial charge in [-0.05, 0) is 40.1 Å². The number of hydrogen-bond acceptors (Lipinski definition) is 6. The van der Waals surface area contributed by atoms with Crippen molar-refractivity contribution in [2.75, 3.05) is 0 Å². The van der Waals surface area contributed by atoms with Crippen LogP contribution >= 0.6 is 11.3 Å². The van der Waals surface area contributed by atoms with Crippen LogP contribution in [-0.4, -0.2) is 19.9 Å². The number of furan rings is 1. The maximum atomic E-state index is 6.49. The third-order valence-corrected chi connectivity index (χ3v) is 10.3. The van der Waals surface area contributed by atoms with Gasteiger partial charge in [-0.1, -0.05) is 133 Å². The molecule has 3 aromatic heterocycles. The van der Waals surface area contributed by atoms with Crippen molar-refractivity contribution in [2.24, 2.45) is 0 Å². The highest BCUT2D eigenvalue weighted by Gasteiger charge is 2.24. The topological polar surface area (TPSA) is 64.7 Å². The number of rotatable bonds is 5. The number of nitrogens with zero attached hydrogens (tertiary/aromatic N) is 4. The van der Waals surface area contributed by atoms with Gasteiger partial charge in [-0.15, -0.1) is 11.3 Å². The first-order valence-corrected chi connectivity index (χ1v) is 17.3. The lowest BCUT2D eigenvalue weighted by Crippen LogP contribution is -2.01. The summed E-state index contributed by atoms with van der Waals surface area (Å²) in [6.07, 6.45) is 0. The number of para-hydroxylation sites is 1. The normalized spacial score (nSPS) is 11.6. The van der Waals surface area contributed by atoms with E-state index in [0.717, 1.165) is 81.3 Å². The molecule has 0 bridgehead atoms. The van der Waals surface area contributed by atoms with Gasteiger partial charge >= 0.3 is 0 Å². The Morgan fingerprint density at radius 3 is 1.76 bits per heavy atom. The Hall–Kier alpha value is -6.50. The van der Waals surface area contributed by atoms with Crippen LogP contribution in [0.3, 0.4) is 0 Å². The third kappa shape index (κ3) is 4.77. The predicted octanol–water partition coefficient (Wildman–Crippen LogP) is 11.9. The summed E-state index contributed by atoms with van der Waals surface area (Å²) in [5.74, 6) is 1.78. The van der Waals surface area contributed by atoms with Gasteiger partial charge in [-0.3, -0.25) is 0 Å². The van der Waals surface area contributed by atoms with Crippen molar-refractivity contribution in [1.82, 2.24) is 19.9 Å². The van der Waals surface area contributed by atoms with Crippen LogP contribution in [0.25, 0.3) is 98.8 Å². The monoisotopic (exact) mass is 658 g/mol. The highest BCUT2D eigenvalue weighted by atomic mass is 32.1. The molecule has 0 fully saturated rings. The van der Waals surface area contributed by atoms with Crippen molar-refractivity contribution in [3.05, 3.63) is 158 Å². The van der Waals surface area contributed by atoms with Crippen LogP contribution in [0.15, 0.2) is 162 Å². The molecular weight excluding hydrogens is 633 g/mol. The highest BCUT2D eigenvalue weighted by molar-refractivity contribution is 7.22. The van der Waals surface area contributed by atoms with E-state index in [1.54, 1.807) is 11.3 Å². The molecule has 3 heterocycles. The first kappa shape index (κ1) is 28.5. The van der Waals surface area contributed by atoms with Gasteiger partial charge in [0.2, 0.25) is 0 Å². The zero-order valence-corrected chi connectivity index (χ0v) is 27.4. The molecule has 0 saturated carbocycles. The Labute approximate surface area is 291 Å². The van der Waals surface area contributed by atoms with E-state index in [9.17, 15) is 0 Å². The standard InChI is InChI=1S/C44H26N4OS/c1-4-14-27(15-5-1)33-24-30-20-10-11-21-31(30)25-34(33)42-46-41(28-16-6-2-7-17-28)47-43(48-42)39-38-32-22-12-13-23-36(32)49-37(38)26-35-40(39)50-44(45-35)29-18-8-3-9-19-29/h1-26H. The zero-order chi connectivity index (χ0) is 33.0. The van der Waals surface area contributed by atoms with Gasteiger partial charge < -0.3 is 4.42 Å². The number of aromatic nitrogens is 4. The molecule has 5 nitrogen and oxygen atoms in total. The molecule has 234 valence electrons. The van der Waals surface area contributed by atoms with Crippen molar-refractivity contribution in [2.45, 2.75) is 0 Å². The summed E-state index contributed by atoms with van der Waals surface area (Å²) in [4.78, 5) is 20.9. The molecular formula is C44H26N4OS. The summed E-state index contributed by atoms with van der Waals surface area (Å²) in [5, 5.41) is 5.17. The first-order chi connectivity index (χ1) is 24.8. The third-order valence-electron chi connectivity index (χ3n) is 9.14. The largest absolute Gasteiger partial charge is 0.456 e. The second kappa shape index (κ2) is 11.6. The van der Waals surface area contributed by atoms with E-state index in [4.69, 9.17) is 24.4 Å². The Bertz CT molecular complexity index is 2860. The van der Waals surface area contributed by atoms with Gasteiger partial charge in [0.05, 0.1) is 15.8 Å². The Kier molecular flexibility index (Phi) is 6.60. The van der Waals surface area contributed by atoms with Gasteiger partial charge in [0.25, 0.3) is 0 Å². The van der Waals surface area contributed by atoms with E-state index >= 15 is 0 Å². The second-order valence-electron chi connectivity index (χ2n) is 12.2. The fourth-order valence-corrected chi connectivity index (χ4v) is 7.89. The summed E-state index contributed by atoms with van der Waals surface area (Å²) in [6, 6.07) is 53.9. The van der Waals surface area contributed by atoms with Crippen molar-refractivity contribution in [3.63, 3.8) is 0 Å². The molecule has 0 N–H and O–H groups in total. The van der Waals surface area contributed by atoms with Gasteiger partial charge in [0.1, 0.15) is 16.2 Å². The molecule has 0 amide bonds. The molecule has 0 unspecified atom stereocenters. The van der Waals surface area contributed by atoms with Crippen molar-refractivity contribution < 1.29 is 4.42 Å². The molecule has 7 aromatic carbocycles. The summed E-state index contributed by atoms with van der Waals surface area (Å²) in [6.45, 7) is 0. The average Bonchev–Trinajstić information content (AvgIpc) is 3.78. The van der Waals surface area contributed by atoms with Gasteiger partial charge in [0, 0.05) is 33.5 Å². The summed E-state index contributed by atoms with van der Waals surface area (Å²) < 4.78 is 7.49. The molecule has 0 aliphatic rings. The SMILES string of the molecule is c1ccc(-c2nc(-c3cc4ccccc4cc3-c3ccccc3)nc(-c3c4sc(-c5ccccc5)nc4cc4oc5ccccc5c34)n2)cc1. The Morgan fingerprint density at radius 1 is 0.440 bits per heavy atom. The molecule has 0 atom stereocenters. The fourth-order valence-electron chi connectivity index (χ4n) is 6.79. The first-order valence-electron chi connectivity index (χ1n) is 16.5. The van der Waals surface area contributed by atoms with Crippen molar-refractivity contribution in [3.8, 4) is 55.9 Å². The minimum absolute atomic E-state index is 0.575. The lowest BCUT2D eigenvalue weighted by molar-refractivity contribution is 0.669. The number of hydrogen-bond donors (Lipinski definition) is 0. The molecule has 0 radical (unpaired) electrons. The van der Waals surface area contributed by atoms with Gasteiger partial charge in [-0.2, -0.15) is 0 Å². The van der Waals surface area contributed by atoms with Gasteiger partial charge in [-0.25, -0.2) is 19.9 Å². The molecule has 0 spiro atoms. The van der Waals surface area contributed by atoms with Crippen molar-refractivity contribution >= 4 is 54.3 Å². The zero-order valence-electron chi connectivity index (χ0n) is 26.6. The maximum Gasteiger partial charge on any atom is 0.166 e. The van der Waals surface area contributed by atoms with E-state index < -0.39 is 0 Å². The Balaban J connectivity index is 1.32. The highest BCUT2D eigenvalue weighted by Crippen LogP contribution is 2.45.